The summed E-state index contributed by atoms with van der Waals surface area (Å²) in [4.78, 5) is 21.1. The molecular weight excluding hydrogens is 405 g/mol. The minimum Gasteiger partial charge on any atom is -0.335 e. The molecule has 0 amide bonds. The Morgan fingerprint density at radius 2 is 1.84 bits per heavy atom. The molecule has 6 aromatic rings. The van der Waals surface area contributed by atoms with Crippen LogP contribution in [0.3, 0.4) is 0 Å². The molecule has 6 rings (SSSR count). The van der Waals surface area contributed by atoms with Crippen LogP contribution in [0.5, 0.6) is 0 Å². The van der Waals surface area contributed by atoms with E-state index >= 15 is 0 Å². The van der Waals surface area contributed by atoms with Crippen molar-refractivity contribution >= 4 is 22.1 Å². The average molecular weight is 421 g/mol. The SMILES string of the molecule is Cc1cncc(-c2cc3c(-c4nc5nccc(-c6ccccc6F)c5[nH]4)n[nH]c3cn2)c1. The third kappa shape index (κ3) is 2.92. The Morgan fingerprint density at radius 1 is 0.938 bits per heavy atom. The van der Waals surface area contributed by atoms with Crippen LogP contribution < -0.4 is 0 Å². The van der Waals surface area contributed by atoms with Crippen molar-refractivity contribution in [3.05, 3.63) is 78.6 Å². The average Bonchev–Trinajstić information content (AvgIpc) is 3.43. The van der Waals surface area contributed by atoms with Gasteiger partial charge in [-0.3, -0.25) is 15.1 Å². The normalized spacial score (nSPS) is 11.4. The minimum atomic E-state index is -0.302. The number of aromatic amines is 2. The van der Waals surface area contributed by atoms with Crippen LogP contribution in [0.2, 0.25) is 0 Å². The summed E-state index contributed by atoms with van der Waals surface area (Å²) in [5, 5.41) is 8.33. The summed E-state index contributed by atoms with van der Waals surface area (Å²) in [6, 6.07) is 12.4. The number of imidazole rings is 1. The van der Waals surface area contributed by atoms with Gasteiger partial charge in [-0.1, -0.05) is 18.2 Å². The Morgan fingerprint density at radius 3 is 2.72 bits per heavy atom. The minimum absolute atomic E-state index is 0.302. The lowest BCUT2D eigenvalue weighted by Gasteiger charge is -2.03. The molecule has 154 valence electrons. The summed E-state index contributed by atoms with van der Waals surface area (Å²) in [5.41, 5.74) is 6.52. The van der Waals surface area contributed by atoms with Crippen LogP contribution in [-0.4, -0.2) is 35.1 Å². The van der Waals surface area contributed by atoms with E-state index < -0.39 is 0 Å². The first-order chi connectivity index (χ1) is 15.7. The maximum Gasteiger partial charge on any atom is 0.178 e. The topological polar surface area (TPSA) is 96.0 Å². The molecule has 0 aliphatic heterocycles. The zero-order valence-electron chi connectivity index (χ0n) is 17.0. The van der Waals surface area contributed by atoms with Crippen molar-refractivity contribution in [1.82, 2.24) is 35.1 Å². The molecule has 0 radical (unpaired) electrons. The zero-order chi connectivity index (χ0) is 21.7. The van der Waals surface area contributed by atoms with E-state index in [-0.39, 0.29) is 5.82 Å². The summed E-state index contributed by atoms with van der Waals surface area (Å²) in [7, 11) is 0. The highest BCUT2D eigenvalue weighted by molar-refractivity contribution is 5.96. The molecule has 0 atom stereocenters. The monoisotopic (exact) mass is 421 g/mol. The van der Waals surface area contributed by atoms with Crippen LogP contribution >= 0.6 is 0 Å². The van der Waals surface area contributed by atoms with Gasteiger partial charge in [0.05, 0.1) is 22.9 Å². The standard InChI is InChI=1S/C24H16FN7/c1-13-8-14(11-26-10-13)19-9-17-20(12-28-19)31-32-22(17)24-29-21-16(6-7-27-23(21)30-24)15-4-2-3-5-18(15)25/h2-12H,1H3,(H,31,32)(H,27,29,30). The number of H-pyrrole nitrogens is 2. The van der Waals surface area contributed by atoms with Crippen molar-refractivity contribution in [3.8, 4) is 33.9 Å². The molecule has 1 aromatic carbocycles. The van der Waals surface area contributed by atoms with E-state index in [0.29, 0.717) is 33.8 Å². The van der Waals surface area contributed by atoms with E-state index in [9.17, 15) is 4.39 Å². The molecular formula is C24H16FN7. The number of nitrogens with one attached hydrogen (secondary N) is 2. The van der Waals surface area contributed by atoms with Gasteiger partial charge in [0.15, 0.2) is 11.5 Å². The van der Waals surface area contributed by atoms with E-state index in [1.165, 1.54) is 6.07 Å². The molecule has 32 heavy (non-hydrogen) atoms. The Labute approximate surface area is 181 Å². The number of hydrogen-bond donors (Lipinski definition) is 2. The number of fused-ring (bicyclic) bond motifs is 2. The predicted octanol–water partition coefficient (Wildman–Crippen LogP) is 5.07. The van der Waals surface area contributed by atoms with Crippen LogP contribution in [0.25, 0.3) is 56.0 Å². The van der Waals surface area contributed by atoms with Gasteiger partial charge < -0.3 is 4.98 Å². The summed E-state index contributed by atoms with van der Waals surface area (Å²) in [5.74, 6) is 0.242. The van der Waals surface area contributed by atoms with Crippen molar-refractivity contribution in [2.75, 3.05) is 0 Å². The van der Waals surface area contributed by atoms with E-state index in [4.69, 9.17) is 0 Å². The number of pyridine rings is 3. The second kappa shape index (κ2) is 7.05. The number of nitrogens with zero attached hydrogens (tertiary/aromatic N) is 5. The van der Waals surface area contributed by atoms with E-state index in [1.807, 2.05) is 19.1 Å². The quantitative estimate of drug-likeness (QED) is 0.416. The highest BCUT2D eigenvalue weighted by Crippen LogP contribution is 2.32. The van der Waals surface area contributed by atoms with Gasteiger partial charge in [0.25, 0.3) is 0 Å². The van der Waals surface area contributed by atoms with Crippen LogP contribution in [0.4, 0.5) is 4.39 Å². The van der Waals surface area contributed by atoms with Crippen LogP contribution in [0, 0.1) is 12.7 Å². The Kier molecular flexibility index (Phi) is 4.04. The molecule has 7 nitrogen and oxygen atoms in total. The first kappa shape index (κ1) is 18.3. The Balaban J connectivity index is 1.52. The number of hydrogen-bond acceptors (Lipinski definition) is 5. The molecule has 2 N–H and O–H groups in total. The highest BCUT2D eigenvalue weighted by atomic mass is 19.1. The number of aryl methyl sites for hydroxylation is 1. The third-order valence-corrected chi connectivity index (χ3v) is 5.40. The fourth-order valence-corrected chi connectivity index (χ4v) is 3.88. The fraction of sp³-hybridized carbons (Fsp3) is 0.0417. The van der Waals surface area contributed by atoms with Crippen molar-refractivity contribution in [2.45, 2.75) is 6.92 Å². The third-order valence-electron chi connectivity index (χ3n) is 5.40. The number of benzene rings is 1. The highest BCUT2D eigenvalue weighted by Gasteiger charge is 2.17. The summed E-state index contributed by atoms with van der Waals surface area (Å²) in [6.07, 6.45) is 6.96. The smallest absolute Gasteiger partial charge is 0.178 e. The Hall–Kier alpha value is -4.46. The van der Waals surface area contributed by atoms with E-state index in [0.717, 1.165) is 27.7 Å². The fourth-order valence-electron chi connectivity index (χ4n) is 3.88. The maximum atomic E-state index is 14.4. The molecule has 0 saturated heterocycles. The van der Waals surface area contributed by atoms with Crippen molar-refractivity contribution < 1.29 is 4.39 Å². The van der Waals surface area contributed by atoms with E-state index in [1.54, 1.807) is 49.1 Å². The van der Waals surface area contributed by atoms with Gasteiger partial charge in [-0.15, -0.1) is 0 Å². The number of aromatic nitrogens is 7. The molecule has 0 aliphatic carbocycles. The second-order valence-corrected chi connectivity index (χ2v) is 7.56. The van der Waals surface area contributed by atoms with E-state index in [2.05, 4.69) is 35.1 Å². The lowest BCUT2D eigenvalue weighted by molar-refractivity contribution is 0.631. The van der Waals surface area contributed by atoms with Crippen LogP contribution in [0.15, 0.2) is 67.3 Å². The second-order valence-electron chi connectivity index (χ2n) is 7.56. The predicted molar refractivity (Wildman–Crippen MR) is 120 cm³/mol. The summed E-state index contributed by atoms with van der Waals surface area (Å²) in [6.45, 7) is 1.99. The van der Waals surface area contributed by atoms with Crippen LogP contribution in [-0.2, 0) is 0 Å². The van der Waals surface area contributed by atoms with Crippen molar-refractivity contribution in [2.24, 2.45) is 0 Å². The van der Waals surface area contributed by atoms with Crippen LogP contribution in [0.1, 0.15) is 5.56 Å². The molecule has 0 spiro atoms. The largest absolute Gasteiger partial charge is 0.335 e. The van der Waals surface area contributed by atoms with Gasteiger partial charge in [0, 0.05) is 40.7 Å². The molecule has 0 fully saturated rings. The van der Waals surface area contributed by atoms with Crippen molar-refractivity contribution in [3.63, 3.8) is 0 Å². The Bertz CT molecular complexity index is 1620. The molecule has 0 bridgehead atoms. The van der Waals surface area contributed by atoms with Gasteiger partial charge in [0.1, 0.15) is 11.5 Å². The van der Waals surface area contributed by atoms with Gasteiger partial charge in [-0.05, 0) is 36.8 Å². The van der Waals surface area contributed by atoms with Gasteiger partial charge >= 0.3 is 0 Å². The summed E-state index contributed by atoms with van der Waals surface area (Å²) >= 11 is 0. The zero-order valence-corrected chi connectivity index (χ0v) is 17.0. The first-order valence-corrected chi connectivity index (χ1v) is 10.0. The number of rotatable bonds is 3. The molecule has 0 aliphatic rings. The number of halogens is 1. The first-order valence-electron chi connectivity index (χ1n) is 10.0. The maximum absolute atomic E-state index is 14.4. The molecule has 0 unspecified atom stereocenters. The molecule has 5 aromatic heterocycles. The van der Waals surface area contributed by atoms with Gasteiger partial charge in [-0.25, -0.2) is 14.4 Å². The lowest BCUT2D eigenvalue weighted by Crippen LogP contribution is -1.87. The van der Waals surface area contributed by atoms with Gasteiger partial charge in [-0.2, -0.15) is 5.10 Å². The van der Waals surface area contributed by atoms with Gasteiger partial charge in [0.2, 0.25) is 0 Å². The molecule has 0 saturated carbocycles. The lowest BCUT2D eigenvalue weighted by atomic mass is 10.1. The van der Waals surface area contributed by atoms with Crippen molar-refractivity contribution in [1.29, 1.82) is 0 Å². The molecule has 5 heterocycles. The summed E-state index contributed by atoms with van der Waals surface area (Å²) < 4.78 is 14.4. The molecule has 8 heteroatoms.